The van der Waals surface area contributed by atoms with Crippen molar-refractivity contribution in [2.75, 3.05) is 18.1 Å². The van der Waals surface area contributed by atoms with Crippen molar-refractivity contribution in [2.24, 2.45) is 5.92 Å². The van der Waals surface area contributed by atoms with Crippen LogP contribution in [0.4, 0.5) is 5.69 Å². The van der Waals surface area contributed by atoms with Crippen molar-refractivity contribution < 1.29 is 19.8 Å². The first-order valence-corrected chi connectivity index (χ1v) is 12.2. The highest BCUT2D eigenvalue weighted by atomic mass is 16.3. The number of fused-ring (bicyclic) bond motifs is 1. The summed E-state index contributed by atoms with van der Waals surface area (Å²) in [4.78, 5) is 29.7. The molecule has 6 heteroatoms. The molecule has 0 saturated heterocycles. The number of aliphatic hydroxyl groups is 2. The van der Waals surface area contributed by atoms with E-state index in [1.807, 2.05) is 78.9 Å². The van der Waals surface area contributed by atoms with Gasteiger partial charge in [-0.2, -0.15) is 0 Å². The minimum absolute atomic E-state index is 0.108. The van der Waals surface area contributed by atoms with E-state index in [-0.39, 0.29) is 31.4 Å². The molecule has 1 heterocycles. The van der Waals surface area contributed by atoms with Crippen LogP contribution in [0.2, 0.25) is 0 Å². The van der Waals surface area contributed by atoms with Crippen LogP contribution >= 0.6 is 0 Å². The van der Waals surface area contributed by atoms with Crippen LogP contribution in [0.25, 0.3) is 0 Å². The van der Waals surface area contributed by atoms with Crippen molar-refractivity contribution >= 4 is 17.5 Å². The highest BCUT2D eigenvalue weighted by Gasteiger charge is 2.52. The summed E-state index contributed by atoms with van der Waals surface area (Å²) in [5.74, 6) is -1.06. The molecule has 0 fully saturated rings. The standard InChI is InChI=1S/C30H32N2O4/c1-23(11-10-18-28(34)31(19-20-33)21-24-12-4-2-5-13-24)30(36)26-16-8-9-17-27(26)32(29(30)35)22-25-14-6-3-7-15-25/h2-17,23,33,36H,18-22H2,1H3/b11-10+/t23-,30+/m0/s1. The number of para-hydroxylation sites is 1. The zero-order valence-electron chi connectivity index (χ0n) is 20.5. The minimum atomic E-state index is -1.72. The van der Waals surface area contributed by atoms with Crippen LogP contribution in [-0.4, -0.2) is 40.1 Å². The van der Waals surface area contributed by atoms with Gasteiger partial charge in [0.2, 0.25) is 5.91 Å². The summed E-state index contributed by atoms with van der Waals surface area (Å²) in [6, 6.07) is 26.6. The Balaban J connectivity index is 1.48. The fourth-order valence-corrected chi connectivity index (χ4v) is 4.68. The number of hydrogen-bond donors (Lipinski definition) is 2. The van der Waals surface area contributed by atoms with Gasteiger partial charge >= 0.3 is 0 Å². The third kappa shape index (κ3) is 5.25. The zero-order valence-corrected chi connectivity index (χ0v) is 20.5. The Morgan fingerprint density at radius 1 is 0.972 bits per heavy atom. The Hall–Kier alpha value is -3.74. The topological polar surface area (TPSA) is 81.1 Å². The summed E-state index contributed by atoms with van der Waals surface area (Å²) in [7, 11) is 0. The first-order chi connectivity index (χ1) is 17.4. The normalized spacial score (nSPS) is 17.9. The maximum absolute atomic E-state index is 13.6. The lowest BCUT2D eigenvalue weighted by Crippen LogP contribution is -2.44. The van der Waals surface area contributed by atoms with Gasteiger partial charge in [-0.3, -0.25) is 9.59 Å². The summed E-state index contributed by atoms with van der Waals surface area (Å²) in [5, 5.41) is 21.1. The van der Waals surface area contributed by atoms with Crippen LogP contribution in [0.3, 0.4) is 0 Å². The van der Waals surface area contributed by atoms with E-state index in [2.05, 4.69) is 0 Å². The van der Waals surface area contributed by atoms with Gasteiger partial charge < -0.3 is 20.0 Å². The van der Waals surface area contributed by atoms with E-state index >= 15 is 0 Å². The average molecular weight is 485 g/mol. The van der Waals surface area contributed by atoms with Gasteiger partial charge in [-0.05, 0) is 17.2 Å². The number of rotatable bonds is 10. The van der Waals surface area contributed by atoms with Gasteiger partial charge in [-0.1, -0.05) is 97.9 Å². The van der Waals surface area contributed by atoms with Gasteiger partial charge in [0.05, 0.1) is 18.8 Å². The van der Waals surface area contributed by atoms with E-state index in [0.717, 1.165) is 11.1 Å². The molecule has 2 atom stereocenters. The number of nitrogens with zero attached hydrogens (tertiary/aromatic N) is 2. The lowest BCUT2D eigenvalue weighted by Gasteiger charge is -2.28. The van der Waals surface area contributed by atoms with E-state index in [9.17, 15) is 19.8 Å². The fraction of sp³-hybridized carbons (Fsp3) is 0.267. The smallest absolute Gasteiger partial charge is 0.264 e. The molecule has 2 N–H and O–H groups in total. The molecular formula is C30H32N2O4. The Labute approximate surface area is 212 Å². The molecule has 0 radical (unpaired) electrons. The molecule has 0 aromatic heterocycles. The Morgan fingerprint density at radius 2 is 1.58 bits per heavy atom. The van der Waals surface area contributed by atoms with Gasteiger partial charge in [0.25, 0.3) is 5.91 Å². The van der Waals surface area contributed by atoms with Gasteiger partial charge in [-0.25, -0.2) is 0 Å². The number of aliphatic hydroxyl groups excluding tert-OH is 1. The third-order valence-corrected chi connectivity index (χ3v) is 6.68. The lowest BCUT2D eigenvalue weighted by molar-refractivity contribution is -0.139. The van der Waals surface area contributed by atoms with Crippen LogP contribution in [0.15, 0.2) is 97.1 Å². The SMILES string of the molecule is C[C@@H](/C=C/CC(=O)N(CCO)Cc1ccccc1)[C@]1(O)C(=O)N(Cc2ccccc2)c2ccccc21. The molecule has 0 spiro atoms. The van der Waals surface area contributed by atoms with E-state index in [4.69, 9.17) is 0 Å². The van der Waals surface area contributed by atoms with Crippen LogP contribution in [0.1, 0.15) is 30.0 Å². The van der Waals surface area contributed by atoms with E-state index in [1.54, 1.807) is 34.9 Å². The molecule has 3 aromatic rings. The summed E-state index contributed by atoms with van der Waals surface area (Å²) in [6.07, 6.45) is 3.55. The predicted octanol–water partition coefficient (Wildman–Crippen LogP) is 4.02. The Morgan fingerprint density at radius 3 is 2.25 bits per heavy atom. The second-order valence-corrected chi connectivity index (χ2v) is 9.11. The number of carbonyl (C=O) groups excluding carboxylic acids is 2. The van der Waals surface area contributed by atoms with Crippen molar-refractivity contribution in [3.8, 4) is 0 Å². The molecule has 2 amide bonds. The minimum Gasteiger partial charge on any atom is -0.395 e. The summed E-state index contributed by atoms with van der Waals surface area (Å²) >= 11 is 0. The monoisotopic (exact) mass is 484 g/mol. The van der Waals surface area contributed by atoms with Gasteiger partial charge in [0, 0.05) is 31.0 Å². The first kappa shape index (κ1) is 25.4. The number of hydrogen-bond acceptors (Lipinski definition) is 4. The zero-order chi connectivity index (χ0) is 25.5. The van der Waals surface area contributed by atoms with Crippen molar-refractivity contribution in [3.63, 3.8) is 0 Å². The largest absolute Gasteiger partial charge is 0.395 e. The van der Waals surface area contributed by atoms with Crippen molar-refractivity contribution in [3.05, 3.63) is 114 Å². The molecule has 1 aliphatic rings. The first-order valence-electron chi connectivity index (χ1n) is 12.2. The fourth-order valence-electron chi connectivity index (χ4n) is 4.68. The van der Waals surface area contributed by atoms with Crippen LogP contribution in [0.5, 0.6) is 0 Å². The van der Waals surface area contributed by atoms with Crippen LogP contribution < -0.4 is 4.90 Å². The van der Waals surface area contributed by atoms with Gasteiger partial charge in [0.1, 0.15) is 0 Å². The molecule has 1 aliphatic heterocycles. The highest BCUT2D eigenvalue weighted by Crippen LogP contribution is 2.45. The molecule has 3 aromatic carbocycles. The Bertz CT molecular complexity index is 1210. The molecule has 0 bridgehead atoms. The second-order valence-electron chi connectivity index (χ2n) is 9.11. The molecule has 36 heavy (non-hydrogen) atoms. The number of amides is 2. The van der Waals surface area contributed by atoms with Crippen molar-refractivity contribution in [2.45, 2.75) is 32.0 Å². The third-order valence-electron chi connectivity index (χ3n) is 6.68. The predicted molar refractivity (Wildman–Crippen MR) is 140 cm³/mol. The Kier molecular flexibility index (Phi) is 7.98. The number of carbonyl (C=O) groups is 2. The van der Waals surface area contributed by atoms with E-state index in [0.29, 0.717) is 24.3 Å². The molecular weight excluding hydrogens is 452 g/mol. The van der Waals surface area contributed by atoms with Gasteiger partial charge in [0.15, 0.2) is 5.60 Å². The van der Waals surface area contributed by atoms with E-state index in [1.165, 1.54) is 0 Å². The maximum Gasteiger partial charge on any atom is 0.264 e. The quantitative estimate of drug-likeness (QED) is 0.426. The highest BCUT2D eigenvalue weighted by molar-refractivity contribution is 6.07. The molecule has 4 rings (SSSR count). The lowest BCUT2D eigenvalue weighted by atomic mass is 9.83. The summed E-state index contributed by atoms with van der Waals surface area (Å²) in [5.41, 5.74) is 1.50. The molecule has 6 nitrogen and oxygen atoms in total. The second kappa shape index (κ2) is 11.3. The number of benzene rings is 3. The molecule has 0 saturated carbocycles. The summed E-state index contributed by atoms with van der Waals surface area (Å²) in [6.45, 7) is 2.68. The molecule has 0 unspecified atom stereocenters. The molecule has 0 aliphatic carbocycles. The summed E-state index contributed by atoms with van der Waals surface area (Å²) < 4.78 is 0. The van der Waals surface area contributed by atoms with Crippen LogP contribution in [-0.2, 0) is 28.3 Å². The van der Waals surface area contributed by atoms with Gasteiger partial charge in [-0.15, -0.1) is 0 Å². The van der Waals surface area contributed by atoms with Crippen LogP contribution in [0, 0.1) is 5.92 Å². The average Bonchev–Trinajstić information content (AvgIpc) is 3.12. The number of anilines is 1. The van der Waals surface area contributed by atoms with Crippen molar-refractivity contribution in [1.29, 1.82) is 0 Å². The van der Waals surface area contributed by atoms with Crippen molar-refractivity contribution in [1.82, 2.24) is 4.90 Å². The maximum atomic E-state index is 13.6. The molecule has 186 valence electrons. The van der Waals surface area contributed by atoms with E-state index < -0.39 is 11.5 Å².